The Morgan fingerprint density at radius 1 is 1.00 bits per heavy atom. The third kappa shape index (κ3) is 3.93. The van der Waals surface area contributed by atoms with Gasteiger partial charge in [-0.2, -0.15) is 0 Å². The molecule has 152 valence electrons. The number of benzene rings is 3. The first-order chi connectivity index (χ1) is 14.6. The molecule has 0 radical (unpaired) electrons. The Balaban J connectivity index is 1.51. The fourth-order valence-electron chi connectivity index (χ4n) is 3.34. The molecule has 0 unspecified atom stereocenters. The second-order valence-corrected chi connectivity index (χ2v) is 6.79. The maximum Gasteiger partial charge on any atom is 0.291 e. The zero-order valence-corrected chi connectivity index (χ0v) is 16.6. The highest BCUT2D eigenvalue weighted by Crippen LogP contribution is 2.28. The number of methoxy groups -OCH3 is 2. The smallest absolute Gasteiger partial charge is 0.291 e. The average Bonchev–Trinajstić information content (AvgIpc) is 3.22. The van der Waals surface area contributed by atoms with Crippen molar-refractivity contribution in [2.75, 3.05) is 19.5 Å². The van der Waals surface area contributed by atoms with Gasteiger partial charge in [-0.1, -0.05) is 12.1 Å². The number of amides is 1. The van der Waals surface area contributed by atoms with Gasteiger partial charge in [0.2, 0.25) is 0 Å². The number of hydrogen-bond donors (Lipinski definition) is 2. The molecular formula is C24H21NO5. The molecule has 3 aromatic carbocycles. The van der Waals surface area contributed by atoms with Crippen LogP contribution in [-0.4, -0.2) is 25.2 Å². The van der Waals surface area contributed by atoms with Gasteiger partial charge in [0.1, 0.15) is 23.0 Å². The number of nitrogens with one attached hydrogen (secondary N) is 1. The minimum absolute atomic E-state index is 0.203. The number of hydrogen-bond acceptors (Lipinski definition) is 5. The van der Waals surface area contributed by atoms with Crippen molar-refractivity contribution in [2.24, 2.45) is 0 Å². The fourth-order valence-corrected chi connectivity index (χ4v) is 3.34. The molecule has 30 heavy (non-hydrogen) atoms. The highest BCUT2D eigenvalue weighted by atomic mass is 16.5. The number of aromatic hydroxyl groups is 1. The van der Waals surface area contributed by atoms with E-state index >= 15 is 0 Å². The number of ether oxygens (including phenoxy) is 2. The molecule has 4 rings (SSSR count). The number of furan rings is 1. The maximum atomic E-state index is 12.6. The van der Waals surface area contributed by atoms with Crippen molar-refractivity contribution in [1.29, 1.82) is 0 Å². The molecule has 0 aliphatic rings. The van der Waals surface area contributed by atoms with Crippen LogP contribution in [0.25, 0.3) is 10.8 Å². The van der Waals surface area contributed by atoms with Gasteiger partial charge in [0.15, 0.2) is 5.76 Å². The summed E-state index contributed by atoms with van der Waals surface area (Å²) >= 11 is 0. The van der Waals surface area contributed by atoms with Crippen LogP contribution in [0.3, 0.4) is 0 Å². The summed E-state index contributed by atoms with van der Waals surface area (Å²) in [6, 6.07) is 19.5. The van der Waals surface area contributed by atoms with Crippen LogP contribution in [0.1, 0.15) is 21.9 Å². The van der Waals surface area contributed by atoms with E-state index in [9.17, 15) is 9.90 Å². The molecule has 0 aliphatic heterocycles. The van der Waals surface area contributed by atoms with Crippen molar-refractivity contribution in [3.63, 3.8) is 0 Å². The van der Waals surface area contributed by atoms with Crippen molar-refractivity contribution in [1.82, 2.24) is 0 Å². The molecule has 0 atom stereocenters. The van der Waals surface area contributed by atoms with Crippen molar-refractivity contribution >= 4 is 22.4 Å². The maximum absolute atomic E-state index is 12.6. The Kier molecular flexibility index (Phi) is 5.30. The first kappa shape index (κ1) is 19.4. The summed E-state index contributed by atoms with van der Waals surface area (Å²) in [5.74, 6) is 2.14. The third-order valence-corrected chi connectivity index (χ3v) is 4.85. The second kappa shape index (κ2) is 8.21. The van der Waals surface area contributed by atoms with Crippen LogP contribution in [0.4, 0.5) is 5.69 Å². The van der Waals surface area contributed by atoms with Crippen molar-refractivity contribution in [3.8, 4) is 17.2 Å². The fraction of sp³-hybridized carbons (Fsp3) is 0.125. The van der Waals surface area contributed by atoms with Crippen LogP contribution in [0.2, 0.25) is 0 Å². The molecule has 0 fully saturated rings. The lowest BCUT2D eigenvalue weighted by Crippen LogP contribution is -2.10. The van der Waals surface area contributed by atoms with E-state index in [0.717, 1.165) is 27.8 Å². The van der Waals surface area contributed by atoms with Crippen molar-refractivity contribution in [3.05, 3.63) is 83.8 Å². The Bertz CT molecular complexity index is 1210. The predicted molar refractivity (Wildman–Crippen MR) is 115 cm³/mol. The largest absolute Gasteiger partial charge is 0.507 e. The number of anilines is 1. The SMILES string of the molecule is COc1ccc(OC)c(Cc2ccc(C(=O)Nc3ccc4c(O)cccc4c3)o2)c1. The highest BCUT2D eigenvalue weighted by Gasteiger charge is 2.14. The van der Waals surface area contributed by atoms with Gasteiger partial charge in [0, 0.05) is 23.1 Å². The normalized spacial score (nSPS) is 10.7. The van der Waals surface area contributed by atoms with Crippen LogP contribution < -0.4 is 14.8 Å². The van der Waals surface area contributed by atoms with Gasteiger partial charge in [-0.15, -0.1) is 0 Å². The molecule has 4 aromatic rings. The van der Waals surface area contributed by atoms with E-state index in [-0.39, 0.29) is 17.4 Å². The second-order valence-electron chi connectivity index (χ2n) is 6.79. The monoisotopic (exact) mass is 403 g/mol. The summed E-state index contributed by atoms with van der Waals surface area (Å²) in [6.07, 6.45) is 0.461. The molecule has 1 aromatic heterocycles. The summed E-state index contributed by atoms with van der Waals surface area (Å²) in [5.41, 5.74) is 1.51. The summed E-state index contributed by atoms with van der Waals surface area (Å²) < 4.78 is 16.4. The van der Waals surface area contributed by atoms with E-state index in [0.29, 0.717) is 17.9 Å². The lowest BCUT2D eigenvalue weighted by Gasteiger charge is -2.09. The predicted octanol–water partition coefficient (Wildman–Crippen LogP) is 5.00. The van der Waals surface area contributed by atoms with E-state index in [1.54, 1.807) is 56.7 Å². The first-order valence-corrected chi connectivity index (χ1v) is 9.40. The lowest BCUT2D eigenvalue weighted by atomic mass is 10.1. The average molecular weight is 403 g/mol. The summed E-state index contributed by atoms with van der Waals surface area (Å²) in [4.78, 5) is 12.6. The molecule has 0 spiro atoms. The van der Waals surface area contributed by atoms with Gasteiger partial charge in [-0.25, -0.2) is 0 Å². The van der Waals surface area contributed by atoms with Gasteiger partial charge >= 0.3 is 0 Å². The summed E-state index contributed by atoms with van der Waals surface area (Å²) in [7, 11) is 3.21. The Labute approximate surface area is 173 Å². The quantitative estimate of drug-likeness (QED) is 0.474. The Hall–Kier alpha value is -3.93. The topological polar surface area (TPSA) is 80.9 Å². The van der Waals surface area contributed by atoms with Crippen LogP contribution in [0.5, 0.6) is 17.2 Å². The van der Waals surface area contributed by atoms with E-state index in [4.69, 9.17) is 13.9 Å². The van der Waals surface area contributed by atoms with E-state index in [2.05, 4.69) is 5.32 Å². The Morgan fingerprint density at radius 3 is 2.67 bits per heavy atom. The standard InChI is InChI=1S/C24H21NO5/c1-28-18-7-10-22(29-2)16(13-18)14-19-8-11-23(30-19)24(27)25-17-6-9-20-15(12-17)4-3-5-21(20)26/h3-13,26H,14H2,1-2H3,(H,25,27). The molecule has 0 aliphatic carbocycles. The van der Waals surface area contributed by atoms with Crippen molar-refractivity contribution in [2.45, 2.75) is 6.42 Å². The number of phenolic OH excluding ortho intramolecular Hbond substituents is 1. The molecule has 0 saturated heterocycles. The van der Waals surface area contributed by atoms with Crippen LogP contribution in [0.15, 0.2) is 71.1 Å². The first-order valence-electron chi connectivity index (χ1n) is 9.40. The molecule has 0 saturated carbocycles. The molecule has 0 bridgehead atoms. The lowest BCUT2D eigenvalue weighted by molar-refractivity contribution is 0.0995. The molecular weight excluding hydrogens is 382 g/mol. The number of fused-ring (bicyclic) bond motifs is 1. The molecule has 1 heterocycles. The zero-order chi connectivity index (χ0) is 21.1. The molecule has 6 nitrogen and oxygen atoms in total. The van der Waals surface area contributed by atoms with Crippen LogP contribution in [0, 0.1) is 0 Å². The zero-order valence-electron chi connectivity index (χ0n) is 16.6. The Morgan fingerprint density at radius 2 is 1.87 bits per heavy atom. The number of carbonyl (C=O) groups is 1. The van der Waals surface area contributed by atoms with Gasteiger partial charge < -0.3 is 24.3 Å². The van der Waals surface area contributed by atoms with Gasteiger partial charge in [-0.3, -0.25) is 4.79 Å². The summed E-state index contributed by atoms with van der Waals surface area (Å²) in [5, 5.41) is 14.3. The molecule has 2 N–H and O–H groups in total. The third-order valence-electron chi connectivity index (χ3n) is 4.85. The highest BCUT2D eigenvalue weighted by molar-refractivity contribution is 6.03. The molecule has 6 heteroatoms. The van der Waals surface area contributed by atoms with E-state index in [1.165, 1.54) is 0 Å². The number of phenols is 1. The minimum Gasteiger partial charge on any atom is -0.507 e. The van der Waals surface area contributed by atoms with Gasteiger partial charge in [0.25, 0.3) is 5.91 Å². The van der Waals surface area contributed by atoms with Crippen molar-refractivity contribution < 1.29 is 23.8 Å². The van der Waals surface area contributed by atoms with E-state index < -0.39 is 0 Å². The minimum atomic E-state index is -0.349. The van der Waals surface area contributed by atoms with Crippen LogP contribution in [-0.2, 0) is 6.42 Å². The summed E-state index contributed by atoms with van der Waals surface area (Å²) in [6.45, 7) is 0. The van der Waals surface area contributed by atoms with E-state index in [1.807, 2.05) is 24.3 Å². The number of carbonyl (C=O) groups excluding carboxylic acids is 1. The van der Waals surface area contributed by atoms with Gasteiger partial charge in [0.05, 0.1) is 14.2 Å². The molecule has 1 amide bonds. The van der Waals surface area contributed by atoms with Gasteiger partial charge in [-0.05, 0) is 60.0 Å². The van der Waals surface area contributed by atoms with Crippen LogP contribution >= 0.6 is 0 Å². The number of rotatable bonds is 6.